The molecule has 0 atom stereocenters. The first kappa shape index (κ1) is 22.0. The van der Waals surface area contributed by atoms with E-state index in [2.05, 4.69) is 10.6 Å². The van der Waals surface area contributed by atoms with E-state index in [4.69, 9.17) is 0 Å². The smallest absolute Gasteiger partial charge is 0.243 e. The second kappa shape index (κ2) is 9.86. The summed E-state index contributed by atoms with van der Waals surface area (Å²) < 4.78 is 27.5. The number of amides is 2. The van der Waals surface area contributed by atoms with Gasteiger partial charge in [0, 0.05) is 18.8 Å². The molecule has 3 rings (SSSR count). The zero-order chi connectivity index (χ0) is 21.6. The highest BCUT2D eigenvalue weighted by Crippen LogP contribution is 2.26. The van der Waals surface area contributed by atoms with Gasteiger partial charge >= 0.3 is 0 Å². The molecule has 2 amide bonds. The monoisotopic (exact) mass is 429 g/mol. The van der Waals surface area contributed by atoms with E-state index in [1.165, 1.54) is 10.4 Å². The van der Waals surface area contributed by atoms with Gasteiger partial charge in [0.15, 0.2) is 0 Å². The number of sulfonamides is 1. The van der Waals surface area contributed by atoms with Gasteiger partial charge in [0.2, 0.25) is 21.8 Å². The molecule has 8 heteroatoms. The molecule has 2 N–H and O–H groups in total. The molecular formula is C22H27N3O4S. The zero-order valence-electron chi connectivity index (χ0n) is 17.1. The number of benzene rings is 2. The third-order valence-corrected chi connectivity index (χ3v) is 7.10. The molecule has 0 aliphatic carbocycles. The molecule has 0 spiro atoms. The van der Waals surface area contributed by atoms with Crippen LogP contribution in [0.5, 0.6) is 0 Å². The minimum atomic E-state index is -3.60. The minimum Gasteiger partial charge on any atom is -0.347 e. The highest BCUT2D eigenvalue weighted by molar-refractivity contribution is 7.89. The van der Waals surface area contributed by atoms with E-state index in [1.807, 2.05) is 30.3 Å². The van der Waals surface area contributed by atoms with Gasteiger partial charge in [0.1, 0.15) is 0 Å². The summed E-state index contributed by atoms with van der Waals surface area (Å²) >= 11 is 0. The summed E-state index contributed by atoms with van der Waals surface area (Å²) in [5.41, 5.74) is 1.88. The summed E-state index contributed by atoms with van der Waals surface area (Å²) in [6, 6.07) is 14.1. The number of nitrogens with zero attached hydrogens (tertiary/aromatic N) is 1. The van der Waals surface area contributed by atoms with Gasteiger partial charge in [-0.2, -0.15) is 4.31 Å². The lowest BCUT2D eigenvalue weighted by molar-refractivity contribution is -0.123. The van der Waals surface area contributed by atoms with E-state index in [9.17, 15) is 18.0 Å². The Balaban J connectivity index is 1.60. The summed E-state index contributed by atoms with van der Waals surface area (Å²) in [6.45, 7) is 2.59. The average molecular weight is 430 g/mol. The van der Waals surface area contributed by atoms with Crippen LogP contribution < -0.4 is 10.6 Å². The van der Waals surface area contributed by atoms with Crippen molar-refractivity contribution >= 4 is 27.5 Å². The molecular weight excluding hydrogens is 402 g/mol. The van der Waals surface area contributed by atoms with Crippen LogP contribution in [0.25, 0.3) is 0 Å². The Morgan fingerprint density at radius 3 is 2.37 bits per heavy atom. The van der Waals surface area contributed by atoms with E-state index >= 15 is 0 Å². The van der Waals surface area contributed by atoms with Crippen LogP contribution in [0.3, 0.4) is 0 Å². The van der Waals surface area contributed by atoms with E-state index < -0.39 is 15.9 Å². The summed E-state index contributed by atoms with van der Waals surface area (Å²) in [4.78, 5) is 24.4. The first-order valence-electron chi connectivity index (χ1n) is 10.1. The summed E-state index contributed by atoms with van der Waals surface area (Å²) in [6.07, 6.45) is 2.95. The first-order valence-corrected chi connectivity index (χ1v) is 11.5. The number of aryl methyl sites for hydroxylation is 1. The van der Waals surface area contributed by atoms with Crippen molar-refractivity contribution < 1.29 is 18.0 Å². The van der Waals surface area contributed by atoms with E-state index in [0.29, 0.717) is 24.3 Å². The normalized spacial score (nSPS) is 14.8. The topological polar surface area (TPSA) is 95.6 Å². The van der Waals surface area contributed by atoms with Crippen molar-refractivity contribution in [3.05, 3.63) is 59.7 Å². The standard InChI is InChI=1S/C22H27N3O4S/c1-17-10-11-19(15-20(17)30(28,29)25-12-6-3-7-13-25)24-22(27)16-23-21(26)14-18-8-4-2-5-9-18/h2,4-5,8-11,15H,3,6-7,12-14,16H2,1H3,(H,23,26)(H,24,27). The van der Waals surface area contributed by atoms with Crippen LogP contribution in [0.1, 0.15) is 30.4 Å². The zero-order valence-corrected chi connectivity index (χ0v) is 17.9. The average Bonchev–Trinajstić information content (AvgIpc) is 2.75. The summed E-state index contributed by atoms with van der Waals surface area (Å²) in [5.74, 6) is -0.671. The Morgan fingerprint density at radius 2 is 1.67 bits per heavy atom. The van der Waals surface area contributed by atoms with Gasteiger partial charge in [-0.3, -0.25) is 9.59 Å². The second-order valence-corrected chi connectivity index (χ2v) is 9.34. The van der Waals surface area contributed by atoms with Crippen LogP contribution in [0.2, 0.25) is 0 Å². The van der Waals surface area contributed by atoms with Crippen LogP contribution in [0, 0.1) is 6.92 Å². The second-order valence-electron chi connectivity index (χ2n) is 7.43. The fourth-order valence-corrected chi connectivity index (χ4v) is 5.20. The molecule has 0 bridgehead atoms. The van der Waals surface area contributed by atoms with Gasteiger partial charge < -0.3 is 10.6 Å². The molecule has 30 heavy (non-hydrogen) atoms. The maximum atomic E-state index is 13.0. The van der Waals surface area contributed by atoms with Crippen LogP contribution in [0.15, 0.2) is 53.4 Å². The lowest BCUT2D eigenvalue weighted by atomic mass is 10.1. The Bertz CT molecular complexity index is 1000. The maximum Gasteiger partial charge on any atom is 0.243 e. The van der Waals surface area contributed by atoms with Crippen molar-refractivity contribution in [1.29, 1.82) is 0 Å². The molecule has 1 fully saturated rings. The van der Waals surface area contributed by atoms with E-state index in [1.54, 1.807) is 19.1 Å². The number of hydrogen-bond acceptors (Lipinski definition) is 4. The van der Waals surface area contributed by atoms with Crippen molar-refractivity contribution in [1.82, 2.24) is 9.62 Å². The van der Waals surface area contributed by atoms with Crippen molar-refractivity contribution in [3.8, 4) is 0 Å². The van der Waals surface area contributed by atoms with Gasteiger partial charge in [0.05, 0.1) is 17.9 Å². The molecule has 7 nitrogen and oxygen atoms in total. The van der Waals surface area contributed by atoms with Crippen LogP contribution >= 0.6 is 0 Å². The molecule has 0 unspecified atom stereocenters. The SMILES string of the molecule is Cc1ccc(NC(=O)CNC(=O)Cc2ccccc2)cc1S(=O)(=O)N1CCCCC1. The van der Waals surface area contributed by atoms with Gasteiger partial charge in [-0.05, 0) is 43.0 Å². The predicted octanol–water partition coefficient (Wildman–Crippen LogP) is 2.47. The number of carbonyl (C=O) groups is 2. The van der Waals surface area contributed by atoms with E-state index in [0.717, 1.165) is 24.8 Å². The Kier molecular flexibility index (Phi) is 7.23. The summed E-state index contributed by atoms with van der Waals surface area (Å²) in [7, 11) is -3.60. The van der Waals surface area contributed by atoms with Gasteiger partial charge in [-0.1, -0.05) is 42.8 Å². The van der Waals surface area contributed by atoms with Crippen molar-refractivity contribution in [2.75, 3.05) is 25.0 Å². The molecule has 2 aromatic rings. The molecule has 0 aromatic heterocycles. The molecule has 1 heterocycles. The number of nitrogens with one attached hydrogen (secondary N) is 2. The van der Waals surface area contributed by atoms with E-state index in [-0.39, 0.29) is 23.8 Å². The molecule has 160 valence electrons. The minimum absolute atomic E-state index is 0.187. The lowest BCUT2D eigenvalue weighted by Gasteiger charge is -2.26. The molecule has 1 aliphatic heterocycles. The quantitative estimate of drug-likeness (QED) is 0.707. The van der Waals surface area contributed by atoms with Crippen molar-refractivity contribution in [2.45, 2.75) is 37.5 Å². The third-order valence-electron chi connectivity index (χ3n) is 5.06. The van der Waals surface area contributed by atoms with Crippen molar-refractivity contribution in [2.24, 2.45) is 0 Å². The van der Waals surface area contributed by atoms with Gasteiger partial charge in [0.25, 0.3) is 0 Å². The molecule has 0 radical (unpaired) electrons. The molecule has 1 saturated heterocycles. The highest BCUT2D eigenvalue weighted by Gasteiger charge is 2.27. The van der Waals surface area contributed by atoms with Crippen LogP contribution in [0.4, 0.5) is 5.69 Å². The fourth-order valence-electron chi connectivity index (χ4n) is 3.43. The van der Waals surface area contributed by atoms with Gasteiger partial charge in [-0.25, -0.2) is 8.42 Å². The van der Waals surface area contributed by atoms with Crippen LogP contribution in [-0.4, -0.2) is 44.2 Å². The predicted molar refractivity (Wildman–Crippen MR) is 116 cm³/mol. The van der Waals surface area contributed by atoms with Gasteiger partial charge in [-0.15, -0.1) is 0 Å². The Labute approximate surface area is 177 Å². The molecule has 2 aromatic carbocycles. The number of rotatable bonds is 7. The highest BCUT2D eigenvalue weighted by atomic mass is 32.2. The maximum absolute atomic E-state index is 13.0. The number of piperidine rings is 1. The first-order chi connectivity index (χ1) is 14.4. The Hall–Kier alpha value is -2.71. The fraction of sp³-hybridized carbons (Fsp3) is 0.364. The number of anilines is 1. The van der Waals surface area contributed by atoms with Crippen molar-refractivity contribution in [3.63, 3.8) is 0 Å². The molecule has 0 saturated carbocycles. The largest absolute Gasteiger partial charge is 0.347 e. The Morgan fingerprint density at radius 1 is 0.967 bits per heavy atom. The third kappa shape index (κ3) is 5.67. The number of hydrogen-bond donors (Lipinski definition) is 2. The summed E-state index contributed by atoms with van der Waals surface area (Å²) in [5, 5.41) is 5.25. The molecule has 1 aliphatic rings. The number of carbonyl (C=O) groups excluding carboxylic acids is 2. The van der Waals surface area contributed by atoms with Crippen LogP contribution in [-0.2, 0) is 26.0 Å². The lowest BCUT2D eigenvalue weighted by Crippen LogP contribution is -2.36.